The minimum atomic E-state index is -0.113. The van der Waals surface area contributed by atoms with Crippen molar-refractivity contribution in [2.75, 3.05) is 18.0 Å². The van der Waals surface area contributed by atoms with Crippen molar-refractivity contribution in [2.45, 2.75) is 32.9 Å². The van der Waals surface area contributed by atoms with Crippen molar-refractivity contribution in [3.63, 3.8) is 0 Å². The molecule has 0 bridgehead atoms. The molecule has 1 saturated heterocycles. The van der Waals surface area contributed by atoms with E-state index in [4.69, 9.17) is 0 Å². The Morgan fingerprint density at radius 3 is 2.62 bits per heavy atom. The van der Waals surface area contributed by atoms with Crippen LogP contribution in [0.4, 0.5) is 10.1 Å². The predicted octanol–water partition coefficient (Wildman–Crippen LogP) is 2.32. The molecule has 1 aliphatic heterocycles. The van der Waals surface area contributed by atoms with E-state index in [-0.39, 0.29) is 5.82 Å². The van der Waals surface area contributed by atoms with Crippen molar-refractivity contribution in [3.8, 4) is 0 Å². The predicted molar refractivity (Wildman–Crippen MR) is 65.4 cm³/mol. The highest BCUT2D eigenvalue weighted by Gasteiger charge is 2.27. The number of nitrogens with one attached hydrogen (secondary N) is 1. The zero-order valence-electron chi connectivity index (χ0n) is 10.1. The van der Waals surface area contributed by atoms with Crippen molar-refractivity contribution in [3.05, 3.63) is 29.6 Å². The molecule has 0 radical (unpaired) electrons. The maximum Gasteiger partial charge on any atom is 0.128 e. The summed E-state index contributed by atoms with van der Waals surface area (Å²) in [6.07, 6.45) is 0. The molecule has 1 fully saturated rings. The highest BCUT2D eigenvalue weighted by molar-refractivity contribution is 5.50. The Morgan fingerprint density at radius 1 is 1.38 bits per heavy atom. The van der Waals surface area contributed by atoms with Crippen LogP contribution >= 0.6 is 0 Å². The monoisotopic (exact) mass is 222 g/mol. The summed E-state index contributed by atoms with van der Waals surface area (Å²) in [4.78, 5) is 2.20. The molecule has 0 spiro atoms. The molecule has 1 aromatic rings. The molecular weight excluding hydrogens is 203 g/mol. The van der Waals surface area contributed by atoms with Gasteiger partial charge in [-0.2, -0.15) is 0 Å². The summed E-state index contributed by atoms with van der Waals surface area (Å²) in [5, 5.41) is 3.47. The topological polar surface area (TPSA) is 15.3 Å². The highest BCUT2D eigenvalue weighted by Crippen LogP contribution is 2.23. The van der Waals surface area contributed by atoms with Gasteiger partial charge in [0, 0.05) is 30.9 Å². The number of aryl methyl sites for hydroxylation is 1. The molecule has 2 nitrogen and oxygen atoms in total. The van der Waals surface area contributed by atoms with E-state index in [0.717, 1.165) is 18.8 Å². The lowest BCUT2D eigenvalue weighted by atomic mass is 10.1. The average molecular weight is 222 g/mol. The van der Waals surface area contributed by atoms with Crippen LogP contribution in [0.2, 0.25) is 0 Å². The second-order valence-electron chi connectivity index (χ2n) is 4.86. The van der Waals surface area contributed by atoms with E-state index in [0.29, 0.717) is 17.6 Å². The molecule has 0 unspecified atom stereocenters. The first-order valence-corrected chi connectivity index (χ1v) is 5.83. The van der Waals surface area contributed by atoms with Crippen LogP contribution < -0.4 is 10.2 Å². The van der Waals surface area contributed by atoms with Gasteiger partial charge < -0.3 is 10.2 Å². The molecule has 1 aromatic carbocycles. The Kier molecular flexibility index (Phi) is 3.15. The van der Waals surface area contributed by atoms with E-state index in [1.807, 2.05) is 12.1 Å². The molecule has 88 valence electrons. The van der Waals surface area contributed by atoms with E-state index in [2.05, 4.69) is 24.1 Å². The molecule has 0 saturated carbocycles. The van der Waals surface area contributed by atoms with Crippen LogP contribution in [0.5, 0.6) is 0 Å². The molecular formula is C13H19FN2. The molecule has 1 heterocycles. The van der Waals surface area contributed by atoms with Crippen molar-refractivity contribution < 1.29 is 4.39 Å². The molecule has 16 heavy (non-hydrogen) atoms. The van der Waals surface area contributed by atoms with Crippen LogP contribution in [0.15, 0.2) is 18.2 Å². The number of anilines is 1. The standard InChI is InChI=1S/C13H19FN2/c1-9(2)15-11-7-16(8-11)12-5-4-10(3)13(14)6-12/h4-6,9,11,15H,7-8H2,1-3H3. The van der Waals surface area contributed by atoms with E-state index >= 15 is 0 Å². The summed E-state index contributed by atoms with van der Waals surface area (Å²) in [6, 6.07) is 6.52. The van der Waals surface area contributed by atoms with E-state index in [1.165, 1.54) is 0 Å². The normalized spacial score (nSPS) is 16.7. The van der Waals surface area contributed by atoms with Crippen molar-refractivity contribution in [2.24, 2.45) is 0 Å². The van der Waals surface area contributed by atoms with Crippen molar-refractivity contribution in [1.82, 2.24) is 5.32 Å². The zero-order chi connectivity index (χ0) is 11.7. The first-order valence-electron chi connectivity index (χ1n) is 5.83. The summed E-state index contributed by atoms with van der Waals surface area (Å²) in [6.45, 7) is 8.03. The van der Waals surface area contributed by atoms with E-state index < -0.39 is 0 Å². The number of benzene rings is 1. The van der Waals surface area contributed by atoms with Crippen molar-refractivity contribution in [1.29, 1.82) is 0 Å². The summed E-state index contributed by atoms with van der Waals surface area (Å²) >= 11 is 0. The minimum Gasteiger partial charge on any atom is -0.368 e. The maximum absolute atomic E-state index is 13.4. The summed E-state index contributed by atoms with van der Waals surface area (Å²) in [7, 11) is 0. The highest BCUT2D eigenvalue weighted by atomic mass is 19.1. The molecule has 0 atom stereocenters. The fourth-order valence-corrected chi connectivity index (χ4v) is 2.04. The molecule has 3 heteroatoms. The Hall–Kier alpha value is -1.09. The van der Waals surface area contributed by atoms with Gasteiger partial charge in [-0.05, 0) is 24.6 Å². The van der Waals surface area contributed by atoms with Gasteiger partial charge in [0.05, 0.1) is 0 Å². The Labute approximate surface area is 96.5 Å². The van der Waals surface area contributed by atoms with Crippen LogP contribution in [0.3, 0.4) is 0 Å². The third-order valence-corrected chi connectivity index (χ3v) is 2.97. The lowest BCUT2D eigenvalue weighted by molar-refractivity contribution is 0.389. The number of halogens is 1. The van der Waals surface area contributed by atoms with Gasteiger partial charge in [-0.1, -0.05) is 19.9 Å². The number of hydrogen-bond donors (Lipinski definition) is 1. The van der Waals surface area contributed by atoms with Crippen LogP contribution in [0.25, 0.3) is 0 Å². The second-order valence-corrected chi connectivity index (χ2v) is 4.86. The molecule has 1 N–H and O–H groups in total. The fourth-order valence-electron chi connectivity index (χ4n) is 2.04. The molecule has 0 aliphatic carbocycles. The average Bonchev–Trinajstić information content (AvgIpc) is 2.15. The molecule has 0 amide bonds. The van der Waals surface area contributed by atoms with Gasteiger partial charge in [0.15, 0.2) is 0 Å². The SMILES string of the molecule is Cc1ccc(N2CC(NC(C)C)C2)cc1F. The summed E-state index contributed by atoms with van der Waals surface area (Å²) in [5.74, 6) is -0.113. The smallest absolute Gasteiger partial charge is 0.128 e. The first kappa shape index (κ1) is 11.4. The van der Waals surface area contributed by atoms with Gasteiger partial charge in [-0.15, -0.1) is 0 Å². The number of rotatable bonds is 3. The fraction of sp³-hybridized carbons (Fsp3) is 0.538. The van der Waals surface area contributed by atoms with Gasteiger partial charge in [0.25, 0.3) is 0 Å². The lowest BCUT2D eigenvalue weighted by Crippen LogP contribution is -2.59. The molecule has 0 aromatic heterocycles. The number of hydrogen-bond acceptors (Lipinski definition) is 2. The van der Waals surface area contributed by atoms with Crippen LogP contribution in [-0.4, -0.2) is 25.2 Å². The summed E-state index contributed by atoms with van der Waals surface area (Å²) < 4.78 is 13.4. The minimum absolute atomic E-state index is 0.113. The lowest BCUT2D eigenvalue weighted by Gasteiger charge is -2.42. The first-order chi connectivity index (χ1) is 7.56. The van der Waals surface area contributed by atoms with Gasteiger partial charge in [-0.3, -0.25) is 0 Å². The molecule has 1 aliphatic rings. The number of nitrogens with zero attached hydrogens (tertiary/aromatic N) is 1. The summed E-state index contributed by atoms with van der Waals surface area (Å²) in [5.41, 5.74) is 1.70. The Morgan fingerprint density at radius 2 is 2.06 bits per heavy atom. The van der Waals surface area contributed by atoms with Gasteiger partial charge in [0.1, 0.15) is 5.82 Å². The van der Waals surface area contributed by atoms with E-state index in [1.54, 1.807) is 13.0 Å². The van der Waals surface area contributed by atoms with Gasteiger partial charge in [-0.25, -0.2) is 4.39 Å². The quantitative estimate of drug-likeness (QED) is 0.844. The van der Waals surface area contributed by atoms with Crippen LogP contribution in [0, 0.1) is 12.7 Å². The Balaban J connectivity index is 1.94. The van der Waals surface area contributed by atoms with Crippen molar-refractivity contribution >= 4 is 5.69 Å². The third-order valence-electron chi connectivity index (χ3n) is 2.97. The Bertz CT molecular complexity index is 370. The van der Waals surface area contributed by atoms with E-state index in [9.17, 15) is 4.39 Å². The van der Waals surface area contributed by atoms with Gasteiger partial charge in [0.2, 0.25) is 0 Å². The van der Waals surface area contributed by atoms with Crippen LogP contribution in [-0.2, 0) is 0 Å². The largest absolute Gasteiger partial charge is 0.368 e. The van der Waals surface area contributed by atoms with Gasteiger partial charge >= 0.3 is 0 Å². The zero-order valence-corrected chi connectivity index (χ0v) is 10.1. The van der Waals surface area contributed by atoms with Crippen LogP contribution in [0.1, 0.15) is 19.4 Å². The molecule has 2 rings (SSSR count). The maximum atomic E-state index is 13.4. The third kappa shape index (κ3) is 2.35. The second kappa shape index (κ2) is 4.42.